The Morgan fingerprint density at radius 1 is 1.06 bits per heavy atom. The Morgan fingerprint density at radius 3 is 2.45 bits per heavy atom. The number of amides is 1. The summed E-state index contributed by atoms with van der Waals surface area (Å²) in [7, 11) is -2.10. The molecule has 2 aliphatic heterocycles. The van der Waals surface area contributed by atoms with Crippen molar-refractivity contribution in [3.8, 4) is 11.1 Å². The van der Waals surface area contributed by atoms with E-state index in [-0.39, 0.29) is 6.04 Å². The second-order valence-corrected chi connectivity index (χ2v) is 11.0. The van der Waals surface area contributed by atoms with Crippen LogP contribution < -0.4 is 4.31 Å². The first-order chi connectivity index (χ1) is 14.6. The van der Waals surface area contributed by atoms with E-state index in [2.05, 4.69) is 0 Å². The van der Waals surface area contributed by atoms with Crippen LogP contribution in [0.15, 0.2) is 48.5 Å². The molecule has 1 atom stereocenters. The summed E-state index contributed by atoms with van der Waals surface area (Å²) >= 11 is 0. The molecule has 1 fully saturated rings. The maximum Gasteiger partial charge on any atom is 0.410 e. The van der Waals surface area contributed by atoms with Gasteiger partial charge in [0, 0.05) is 32.7 Å². The first kappa shape index (κ1) is 21.6. The molecule has 0 bridgehead atoms. The molecule has 0 N–H and O–H groups in total. The fourth-order valence-corrected chi connectivity index (χ4v) is 5.70. The number of hydrogen-bond donors (Lipinski definition) is 0. The molecule has 2 aliphatic rings. The average molecular weight is 444 g/mol. The Labute approximate surface area is 184 Å². The van der Waals surface area contributed by atoms with Gasteiger partial charge in [-0.15, -0.1) is 0 Å². The van der Waals surface area contributed by atoms with Gasteiger partial charge in [0.05, 0.1) is 5.69 Å². The van der Waals surface area contributed by atoms with Crippen LogP contribution in [0, 0.1) is 0 Å². The van der Waals surface area contributed by atoms with E-state index in [1.165, 1.54) is 8.61 Å². The smallest absolute Gasteiger partial charge is 0.410 e. The Bertz CT molecular complexity index is 1080. The normalized spacial score (nSPS) is 21.1. The number of carbonyl (C=O) groups excluding carboxylic acids is 1. The molecule has 0 aromatic heterocycles. The van der Waals surface area contributed by atoms with Crippen molar-refractivity contribution in [3.05, 3.63) is 54.1 Å². The van der Waals surface area contributed by atoms with Crippen LogP contribution in [0.25, 0.3) is 11.1 Å². The quantitative estimate of drug-likeness (QED) is 0.707. The second-order valence-electron chi connectivity index (χ2n) is 9.10. The van der Waals surface area contributed by atoms with Crippen molar-refractivity contribution in [3.63, 3.8) is 0 Å². The number of carbonyl (C=O) groups is 1. The number of fused-ring (bicyclic) bond motifs is 1. The van der Waals surface area contributed by atoms with Gasteiger partial charge in [-0.3, -0.25) is 4.31 Å². The van der Waals surface area contributed by atoms with Gasteiger partial charge in [0.1, 0.15) is 5.60 Å². The van der Waals surface area contributed by atoms with Crippen LogP contribution >= 0.6 is 0 Å². The Hall–Kier alpha value is -2.58. The molecule has 0 saturated carbocycles. The summed E-state index contributed by atoms with van der Waals surface area (Å²) in [5, 5.41) is 0. The maximum absolute atomic E-state index is 13.3. The maximum atomic E-state index is 13.3. The van der Waals surface area contributed by atoms with Crippen molar-refractivity contribution in [1.82, 2.24) is 9.21 Å². The molecule has 0 radical (unpaired) electrons. The van der Waals surface area contributed by atoms with E-state index >= 15 is 0 Å². The van der Waals surface area contributed by atoms with Gasteiger partial charge in [0.2, 0.25) is 0 Å². The van der Waals surface area contributed by atoms with E-state index in [1.807, 2.05) is 69.3 Å². The van der Waals surface area contributed by atoms with E-state index in [4.69, 9.17) is 4.74 Å². The summed E-state index contributed by atoms with van der Waals surface area (Å²) in [5.74, 6) is 0. The van der Waals surface area contributed by atoms with Gasteiger partial charge in [-0.25, -0.2) is 4.79 Å². The van der Waals surface area contributed by atoms with E-state index in [1.54, 1.807) is 11.9 Å². The van der Waals surface area contributed by atoms with Crippen LogP contribution in [0.1, 0.15) is 32.8 Å². The third-order valence-corrected chi connectivity index (χ3v) is 7.63. The lowest BCUT2D eigenvalue weighted by atomic mass is 10.0. The minimum absolute atomic E-state index is 0.276. The summed E-state index contributed by atoms with van der Waals surface area (Å²) in [6.45, 7) is 6.58. The molecule has 166 valence electrons. The summed E-state index contributed by atoms with van der Waals surface area (Å²) in [4.78, 5) is 14.0. The second kappa shape index (κ2) is 7.84. The van der Waals surface area contributed by atoms with Gasteiger partial charge in [0.15, 0.2) is 0 Å². The highest BCUT2D eigenvalue weighted by Crippen LogP contribution is 2.37. The topological polar surface area (TPSA) is 70.2 Å². The number of rotatable bonds is 2. The van der Waals surface area contributed by atoms with Crippen LogP contribution in [0.5, 0.6) is 0 Å². The molecule has 1 amide bonds. The Morgan fingerprint density at radius 2 is 1.77 bits per heavy atom. The van der Waals surface area contributed by atoms with Crippen molar-refractivity contribution in [1.29, 1.82) is 0 Å². The Balaban J connectivity index is 1.57. The molecule has 8 heteroatoms. The number of likely N-dealkylation sites (tertiary alicyclic amines) is 1. The number of hydrogen-bond acceptors (Lipinski definition) is 4. The molecule has 2 heterocycles. The SMILES string of the molecule is CN1c2cc(-c3ccccc3)ccc2CN([C@@H]2CCN(C(=O)OC(C)(C)C)C2)S1(=O)=O. The van der Waals surface area contributed by atoms with Gasteiger partial charge < -0.3 is 9.64 Å². The number of nitrogens with zero attached hydrogens (tertiary/aromatic N) is 3. The monoisotopic (exact) mass is 443 g/mol. The molecule has 0 unspecified atom stereocenters. The van der Waals surface area contributed by atoms with Crippen LogP contribution in [-0.2, 0) is 21.5 Å². The van der Waals surface area contributed by atoms with E-state index in [9.17, 15) is 13.2 Å². The van der Waals surface area contributed by atoms with Gasteiger partial charge in [0.25, 0.3) is 0 Å². The van der Waals surface area contributed by atoms with Crippen molar-refractivity contribution in [2.45, 2.75) is 45.4 Å². The number of ether oxygens (including phenoxy) is 1. The summed E-state index contributed by atoms with van der Waals surface area (Å²) in [6.07, 6.45) is 0.190. The summed E-state index contributed by atoms with van der Waals surface area (Å²) in [5.41, 5.74) is 3.09. The van der Waals surface area contributed by atoms with Gasteiger partial charge in [-0.2, -0.15) is 12.7 Å². The zero-order valence-electron chi connectivity index (χ0n) is 18.4. The standard InChI is InChI=1S/C23H29N3O4S/c1-23(2,3)30-22(27)25-13-12-20(16-25)26-15-19-11-10-18(17-8-6-5-7-9-17)14-21(19)24(4)31(26,28)29/h5-11,14,20H,12-13,15-16H2,1-4H3/t20-/m1/s1. The molecule has 4 rings (SSSR count). The molecule has 31 heavy (non-hydrogen) atoms. The molecule has 2 aromatic rings. The lowest BCUT2D eigenvalue weighted by Crippen LogP contribution is -2.51. The zero-order valence-corrected chi connectivity index (χ0v) is 19.2. The zero-order chi connectivity index (χ0) is 22.4. The van der Waals surface area contributed by atoms with Crippen LogP contribution in [-0.4, -0.2) is 55.5 Å². The predicted molar refractivity (Wildman–Crippen MR) is 121 cm³/mol. The number of anilines is 1. The van der Waals surface area contributed by atoms with E-state index < -0.39 is 21.9 Å². The van der Waals surface area contributed by atoms with Crippen molar-refractivity contribution in [2.75, 3.05) is 24.4 Å². The van der Waals surface area contributed by atoms with Crippen LogP contribution in [0.3, 0.4) is 0 Å². The van der Waals surface area contributed by atoms with Crippen molar-refractivity contribution in [2.24, 2.45) is 0 Å². The predicted octanol–water partition coefficient (Wildman–Crippen LogP) is 3.86. The first-order valence-corrected chi connectivity index (χ1v) is 11.9. The van der Waals surface area contributed by atoms with Crippen molar-refractivity contribution < 1.29 is 17.9 Å². The fraction of sp³-hybridized carbons (Fsp3) is 0.435. The minimum atomic E-state index is -3.69. The molecule has 7 nitrogen and oxygen atoms in total. The lowest BCUT2D eigenvalue weighted by molar-refractivity contribution is 0.0286. The third-order valence-electron chi connectivity index (χ3n) is 5.72. The largest absolute Gasteiger partial charge is 0.444 e. The number of benzene rings is 2. The summed E-state index contributed by atoms with van der Waals surface area (Å²) in [6, 6.07) is 15.6. The average Bonchev–Trinajstić information content (AvgIpc) is 3.20. The highest BCUT2D eigenvalue weighted by Gasteiger charge is 2.42. The van der Waals surface area contributed by atoms with Gasteiger partial charge in [-0.05, 0) is 49.9 Å². The lowest BCUT2D eigenvalue weighted by Gasteiger charge is -2.38. The first-order valence-electron chi connectivity index (χ1n) is 10.5. The molecular formula is C23H29N3O4S. The molecule has 2 aromatic carbocycles. The fourth-order valence-electron chi connectivity index (χ4n) is 4.12. The van der Waals surface area contributed by atoms with E-state index in [0.29, 0.717) is 31.7 Å². The van der Waals surface area contributed by atoms with Crippen molar-refractivity contribution >= 4 is 22.0 Å². The minimum Gasteiger partial charge on any atom is -0.444 e. The third kappa shape index (κ3) is 4.27. The Kier molecular flexibility index (Phi) is 5.47. The molecule has 0 aliphatic carbocycles. The molecule has 0 spiro atoms. The van der Waals surface area contributed by atoms with E-state index in [0.717, 1.165) is 16.7 Å². The highest BCUT2D eigenvalue weighted by atomic mass is 32.2. The van der Waals surface area contributed by atoms with Gasteiger partial charge >= 0.3 is 16.3 Å². The summed E-state index contributed by atoms with van der Waals surface area (Å²) < 4.78 is 35.0. The molecular weight excluding hydrogens is 414 g/mol. The van der Waals surface area contributed by atoms with Gasteiger partial charge in [-0.1, -0.05) is 42.5 Å². The van der Waals surface area contributed by atoms with Crippen LogP contribution in [0.2, 0.25) is 0 Å². The molecule has 1 saturated heterocycles. The van der Waals surface area contributed by atoms with Crippen LogP contribution in [0.4, 0.5) is 10.5 Å². The highest BCUT2D eigenvalue weighted by molar-refractivity contribution is 7.90.